The van der Waals surface area contributed by atoms with E-state index in [0.29, 0.717) is 5.02 Å². The molecule has 6 nitrogen and oxygen atoms in total. The molecule has 0 aliphatic rings. The van der Waals surface area contributed by atoms with Crippen LogP contribution in [-0.4, -0.2) is 23.0 Å². The second-order valence-electron chi connectivity index (χ2n) is 6.18. The van der Waals surface area contributed by atoms with E-state index < -0.39 is 11.8 Å². The molecule has 2 aromatic carbocycles. The normalized spacial score (nSPS) is 10.7. The predicted octanol–water partition coefficient (Wildman–Crippen LogP) is 5.50. The molecule has 30 heavy (non-hydrogen) atoms. The van der Waals surface area contributed by atoms with E-state index in [9.17, 15) is 9.18 Å². The number of halogens is 4. The maximum absolute atomic E-state index is 14.7. The fourth-order valence-electron chi connectivity index (χ4n) is 2.65. The molecule has 0 fully saturated rings. The number of hydrogen-bond acceptors (Lipinski definition) is 6. The molecule has 1 heterocycles. The Morgan fingerprint density at radius 2 is 1.90 bits per heavy atom. The highest BCUT2D eigenvalue weighted by atomic mass is 35.5. The number of nitrogens with two attached hydrogens (primary N) is 1. The van der Waals surface area contributed by atoms with Gasteiger partial charge in [0, 0.05) is 5.02 Å². The smallest absolute Gasteiger partial charge is 0.359 e. The fourth-order valence-corrected chi connectivity index (χ4v) is 3.26. The summed E-state index contributed by atoms with van der Waals surface area (Å²) in [5, 5.41) is 0.441. The van der Waals surface area contributed by atoms with Gasteiger partial charge in [0.25, 0.3) is 0 Å². The van der Waals surface area contributed by atoms with Crippen molar-refractivity contribution in [2.45, 2.75) is 13.5 Å². The molecule has 0 spiro atoms. The highest BCUT2D eigenvalue weighted by Crippen LogP contribution is 2.35. The minimum absolute atomic E-state index is 0.0411. The summed E-state index contributed by atoms with van der Waals surface area (Å²) >= 11 is 17.9. The standard InChI is InChI=1S/C20H15Cl3FN3O3/c1-9-7-11(21)4-3-10(9)8-30-20(28)16-14(23)18(25)27-19(26-16)12-5-6-13(22)17(29-2)15(12)24/h3-7H,8H2,1-2H3,(H2,25,26,27). The van der Waals surface area contributed by atoms with Crippen LogP contribution in [0.3, 0.4) is 0 Å². The number of rotatable bonds is 5. The van der Waals surface area contributed by atoms with Gasteiger partial charge in [-0.15, -0.1) is 0 Å². The second kappa shape index (κ2) is 9.04. The van der Waals surface area contributed by atoms with E-state index in [1.165, 1.54) is 19.2 Å². The highest BCUT2D eigenvalue weighted by molar-refractivity contribution is 6.35. The van der Waals surface area contributed by atoms with Crippen LogP contribution in [0, 0.1) is 12.7 Å². The molecule has 0 aliphatic carbocycles. The first-order valence-electron chi connectivity index (χ1n) is 8.50. The zero-order chi connectivity index (χ0) is 22.0. The molecule has 0 bridgehead atoms. The number of nitrogens with zero attached hydrogens (tertiary/aromatic N) is 2. The average Bonchev–Trinajstić information content (AvgIpc) is 2.69. The van der Waals surface area contributed by atoms with Gasteiger partial charge < -0.3 is 15.2 Å². The Hall–Kier alpha value is -2.61. The maximum atomic E-state index is 14.7. The van der Waals surface area contributed by atoms with Gasteiger partial charge in [-0.05, 0) is 42.3 Å². The van der Waals surface area contributed by atoms with Crippen LogP contribution in [-0.2, 0) is 11.3 Å². The summed E-state index contributed by atoms with van der Waals surface area (Å²) < 4.78 is 25.0. The van der Waals surface area contributed by atoms with Gasteiger partial charge in [-0.2, -0.15) is 0 Å². The molecular weight excluding hydrogens is 456 g/mol. The summed E-state index contributed by atoms with van der Waals surface area (Å²) in [5.41, 5.74) is 7.05. The molecule has 2 N–H and O–H groups in total. The van der Waals surface area contributed by atoms with Gasteiger partial charge in [-0.25, -0.2) is 19.2 Å². The van der Waals surface area contributed by atoms with Gasteiger partial charge in [0.1, 0.15) is 17.4 Å². The summed E-state index contributed by atoms with van der Waals surface area (Å²) in [7, 11) is 1.27. The number of aryl methyl sites for hydroxylation is 1. The van der Waals surface area contributed by atoms with Crippen LogP contribution >= 0.6 is 34.8 Å². The van der Waals surface area contributed by atoms with Crippen molar-refractivity contribution in [3.63, 3.8) is 0 Å². The third kappa shape index (κ3) is 4.43. The largest absolute Gasteiger partial charge is 0.492 e. The number of aromatic nitrogens is 2. The number of carbonyl (C=O) groups excluding carboxylic acids is 1. The summed E-state index contributed by atoms with van der Waals surface area (Å²) in [6, 6.07) is 7.92. The molecular formula is C20H15Cl3FN3O3. The molecule has 0 saturated carbocycles. The molecule has 156 valence electrons. The fraction of sp³-hybridized carbons (Fsp3) is 0.150. The quantitative estimate of drug-likeness (QED) is 0.496. The number of esters is 1. The van der Waals surface area contributed by atoms with Crippen molar-refractivity contribution in [2.24, 2.45) is 0 Å². The highest BCUT2D eigenvalue weighted by Gasteiger charge is 2.23. The molecule has 3 aromatic rings. The Morgan fingerprint density at radius 3 is 2.57 bits per heavy atom. The number of carbonyl (C=O) groups is 1. The van der Waals surface area contributed by atoms with E-state index in [4.69, 9.17) is 50.0 Å². The van der Waals surface area contributed by atoms with Crippen LogP contribution < -0.4 is 10.5 Å². The number of hydrogen-bond donors (Lipinski definition) is 1. The molecule has 1 aromatic heterocycles. The number of methoxy groups -OCH3 is 1. The Kier molecular flexibility index (Phi) is 6.65. The van der Waals surface area contributed by atoms with Crippen molar-refractivity contribution in [3.05, 3.63) is 68.0 Å². The Bertz CT molecular complexity index is 1140. The van der Waals surface area contributed by atoms with E-state index in [1.54, 1.807) is 18.2 Å². The van der Waals surface area contributed by atoms with Crippen molar-refractivity contribution >= 4 is 46.6 Å². The number of nitrogen functional groups attached to an aromatic ring is 1. The summed E-state index contributed by atoms with van der Waals surface area (Å²) in [6.07, 6.45) is 0. The molecule has 0 atom stereocenters. The van der Waals surface area contributed by atoms with Crippen molar-refractivity contribution in [1.29, 1.82) is 0 Å². The van der Waals surface area contributed by atoms with Gasteiger partial charge in [0.15, 0.2) is 23.1 Å². The Morgan fingerprint density at radius 1 is 1.17 bits per heavy atom. The molecule has 0 saturated heterocycles. The molecule has 3 rings (SSSR count). The zero-order valence-electron chi connectivity index (χ0n) is 15.8. The summed E-state index contributed by atoms with van der Waals surface area (Å²) in [4.78, 5) is 20.6. The Balaban J connectivity index is 1.94. The zero-order valence-corrected chi connectivity index (χ0v) is 18.1. The molecule has 0 radical (unpaired) electrons. The van der Waals surface area contributed by atoms with Gasteiger partial charge in [0.2, 0.25) is 0 Å². The lowest BCUT2D eigenvalue weighted by molar-refractivity contribution is 0.0465. The van der Waals surface area contributed by atoms with Crippen LogP contribution in [0.15, 0.2) is 30.3 Å². The van der Waals surface area contributed by atoms with Crippen LogP contribution in [0.25, 0.3) is 11.4 Å². The van der Waals surface area contributed by atoms with Gasteiger partial charge >= 0.3 is 5.97 Å². The van der Waals surface area contributed by atoms with Crippen molar-refractivity contribution < 1.29 is 18.7 Å². The average molecular weight is 471 g/mol. The lowest BCUT2D eigenvalue weighted by Gasteiger charge is -2.12. The first kappa shape index (κ1) is 22.1. The van der Waals surface area contributed by atoms with Crippen LogP contribution in [0.4, 0.5) is 10.2 Å². The maximum Gasteiger partial charge on any atom is 0.359 e. The topological polar surface area (TPSA) is 87.3 Å². The van der Waals surface area contributed by atoms with Crippen LogP contribution in [0.2, 0.25) is 15.1 Å². The van der Waals surface area contributed by atoms with Crippen molar-refractivity contribution in [3.8, 4) is 17.1 Å². The van der Waals surface area contributed by atoms with Crippen LogP contribution in [0.5, 0.6) is 5.75 Å². The minimum Gasteiger partial charge on any atom is -0.492 e. The second-order valence-corrected chi connectivity index (χ2v) is 7.41. The first-order chi connectivity index (χ1) is 14.2. The number of benzene rings is 2. The third-order valence-electron chi connectivity index (χ3n) is 4.23. The SMILES string of the molecule is COc1c(Cl)ccc(-c2nc(N)c(Cl)c(C(=O)OCc3ccc(Cl)cc3C)n2)c1F. The lowest BCUT2D eigenvalue weighted by Crippen LogP contribution is -2.12. The van der Waals surface area contributed by atoms with Gasteiger partial charge in [-0.3, -0.25) is 0 Å². The van der Waals surface area contributed by atoms with Gasteiger partial charge in [0.05, 0.1) is 17.7 Å². The van der Waals surface area contributed by atoms with E-state index >= 15 is 0 Å². The molecule has 10 heteroatoms. The number of anilines is 1. The predicted molar refractivity (Wildman–Crippen MR) is 114 cm³/mol. The number of ether oxygens (including phenoxy) is 2. The van der Waals surface area contributed by atoms with E-state index in [-0.39, 0.29) is 45.3 Å². The van der Waals surface area contributed by atoms with Crippen LogP contribution in [0.1, 0.15) is 21.6 Å². The summed E-state index contributed by atoms with van der Waals surface area (Å²) in [5.74, 6) is -2.20. The Labute approximate surface area is 186 Å². The van der Waals surface area contributed by atoms with Gasteiger partial charge in [-0.1, -0.05) is 40.9 Å². The summed E-state index contributed by atoms with van der Waals surface area (Å²) in [6.45, 7) is 1.79. The third-order valence-corrected chi connectivity index (χ3v) is 5.13. The minimum atomic E-state index is -0.842. The molecule has 0 aliphatic heterocycles. The monoisotopic (exact) mass is 469 g/mol. The molecule has 0 unspecified atom stereocenters. The lowest BCUT2D eigenvalue weighted by atomic mass is 10.1. The van der Waals surface area contributed by atoms with Crippen molar-refractivity contribution in [2.75, 3.05) is 12.8 Å². The van der Waals surface area contributed by atoms with E-state index in [2.05, 4.69) is 9.97 Å². The molecule has 0 amide bonds. The van der Waals surface area contributed by atoms with E-state index in [0.717, 1.165) is 11.1 Å². The first-order valence-corrected chi connectivity index (χ1v) is 9.63. The van der Waals surface area contributed by atoms with E-state index in [1.807, 2.05) is 6.92 Å². The van der Waals surface area contributed by atoms with Crippen molar-refractivity contribution in [1.82, 2.24) is 9.97 Å².